The number of hydrogen-bond donors (Lipinski definition) is 2. The quantitative estimate of drug-likeness (QED) is 0.637. The molecule has 0 amide bonds. The van der Waals surface area contributed by atoms with Gasteiger partial charge >= 0.3 is 0 Å². The predicted octanol–water partition coefficient (Wildman–Crippen LogP) is 1.13. The zero-order valence-corrected chi connectivity index (χ0v) is 7.74. The minimum absolute atomic E-state index is 0.427. The summed E-state index contributed by atoms with van der Waals surface area (Å²) >= 11 is 0. The first-order valence-corrected chi connectivity index (χ1v) is 4.72. The van der Waals surface area contributed by atoms with E-state index in [-0.39, 0.29) is 0 Å². The molecular formula is C9H20N2. The molecule has 1 fully saturated rings. The van der Waals surface area contributed by atoms with E-state index in [1.165, 1.54) is 25.7 Å². The van der Waals surface area contributed by atoms with E-state index in [1.807, 2.05) is 0 Å². The van der Waals surface area contributed by atoms with Crippen LogP contribution in [0.5, 0.6) is 0 Å². The predicted molar refractivity (Wildman–Crippen MR) is 48.8 cm³/mol. The monoisotopic (exact) mass is 156 g/mol. The van der Waals surface area contributed by atoms with Gasteiger partial charge in [-0.15, -0.1) is 0 Å². The molecule has 0 saturated heterocycles. The molecule has 0 aromatic carbocycles. The third-order valence-electron chi connectivity index (χ3n) is 2.80. The van der Waals surface area contributed by atoms with Crippen molar-refractivity contribution in [1.29, 1.82) is 0 Å². The Kier molecular flexibility index (Phi) is 3.34. The summed E-state index contributed by atoms with van der Waals surface area (Å²) in [5.41, 5.74) is 0.427. The molecule has 2 nitrogen and oxygen atoms in total. The van der Waals surface area contributed by atoms with Gasteiger partial charge in [-0.05, 0) is 26.4 Å². The Morgan fingerprint density at radius 3 is 2.36 bits per heavy atom. The van der Waals surface area contributed by atoms with Crippen molar-refractivity contribution in [1.82, 2.24) is 10.6 Å². The second-order valence-corrected chi connectivity index (χ2v) is 3.52. The molecule has 0 unspecified atom stereocenters. The van der Waals surface area contributed by atoms with Gasteiger partial charge < -0.3 is 10.6 Å². The van der Waals surface area contributed by atoms with Crippen LogP contribution in [0.1, 0.15) is 32.6 Å². The highest BCUT2D eigenvalue weighted by Crippen LogP contribution is 2.28. The van der Waals surface area contributed by atoms with Gasteiger partial charge in [0.1, 0.15) is 0 Å². The third-order valence-corrected chi connectivity index (χ3v) is 2.80. The number of hydrogen-bond acceptors (Lipinski definition) is 2. The van der Waals surface area contributed by atoms with E-state index in [0.29, 0.717) is 5.54 Å². The molecule has 0 aromatic rings. The highest BCUT2D eigenvalue weighted by atomic mass is 15.0. The van der Waals surface area contributed by atoms with Crippen LogP contribution >= 0.6 is 0 Å². The van der Waals surface area contributed by atoms with Crippen molar-refractivity contribution in [3.63, 3.8) is 0 Å². The highest BCUT2D eigenvalue weighted by molar-refractivity contribution is 4.93. The minimum Gasteiger partial charge on any atom is -0.315 e. The first-order valence-electron chi connectivity index (χ1n) is 4.72. The Bertz CT molecular complexity index is 106. The van der Waals surface area contributed by atoms with Gasteiger partial charge in [-0.1, -0.05) is 19.8 Å². The Morgan fingerprint density at radius 2 is 1.91 bits per heavy atom. The molecule has 0 aliphatic heterocycles. The summed E-state index contributed by atoms with van der Waals surface area (Å²) in [6.45, 7) is 4.39. The van der Waals surface area contributed by atoms with E-state index < -0.39 is 0 Å². The molecule has 0 bridgehead atoms. The molecule has 0 atom stereocenters. The summed E-state index contributed by atoms with van der Waals surface area (Å²) < 4.78 is 0. The van der Waals surface area contributed by atoms with Crippen molar-refractivity contribution < 1.29 is 0 Å². The van der Waals surface area contributed by atoms with E-state index in [0.717, 1.165) is 13.1 Å². The standard InChI is InChI=1S/C9H20N2/c1-3-11-8-9(10-2)6-4-5-7-9/h10-11H,3-8H2,1-2H3. The molecule has 0 radical (unpaired) electrons. The summed E-state index contributed by atoms with van der Waals surface area (Å²) in [5.74, 6) is 0. The van der Waals surface area contributed by atoms with E-state index in [2.05, 4.69) is 24.6 Å². The Labute approximate surface area is 69.8 Å². The Hall–Kier alpha value is -0.0800. The van der Waals surface area contributed by atoms with Crippen molar-refractivity contribution in [2.24, 2.45) is 0 Å². The molecule has 1 rings (SSSR count). The van der Waals surface area contributed by atoms with Crippen LogP contribution in [0.2, 0.25) is 0 Å². The van der Waals surface area contributed by atoms with Crippen molar-refractivity contribution in [2.45, 2.75) is 38.1 Å². The van der Waals surface area contributed by atoms with Crippen LogP contribution in [0, 0.1) is 0 Å². The molecular weight excluding hydrogens is 136 g/mol. The lowest BCUT2D eigenvalue weighted by atomic mass is 9.98. The fourth-order valence-corrected chi connectivity index (χ4v) is 1.93. The Morgan fingerprint density at radius 1 is 1.27 bits per heavy atom. The largest absolute Gasteiger partial charge is 0.315 e. The lowest BCUT2D eigenvalue weighted by molar-refractivity contribution is 0.341. The summed E-state index contributed by atoms with van der Waals surface area (Å²) in [4.78, 5) is 0. The van der Waals surface area contributed by atoms with E-state index in [1.54, 1.807) is 0 Å². The first kappa shape index (κ1) is 9.01. The van der Waals surface area contributed by atoms with Gasteiger partial charge in [0, 0.05) is 12.1 Å². The van der Waals surface area contributed by atoms with Crippen molar-refractivity contribution >= 4 is 0 Å². The van der Waals surface area contributed by atoms with Crippen LogP contribution in [0.4, 0.5) is 0 Å². The summed E-state index contributed by atoms with van der Waals surface area (Å²) in [6.07, 6.45) is 5.48. The van der Waals surface area contributed by atoms with Crippen LogP contribution in [-0.2, 0) is 0 Å². The van der Waals surface area contributed by atoms with Gasteiger partial charge in [0.25, 0.3) is 0 Å². The van der Waals surface area contributed by atoms with Crippen molar-refractivity contribution in [3.05, 3.63) is 0 Å². The average molecular weight is 156 g/mol. The normalized spacial score (nSPS) is 22.4. The Balaban J connectivity index is 2.33. The summed E-state index contributed by atoms with van der Waals surface area (Å²) in [6, 6.07) is 0. The number of rotatable bonds is 4. The van der Waals surface area contributed by atoms with Crippen LogP contribution in [0.15, 0.2) is 0 Å². The molecule has 2 heteroatoms. The topological polar surface area (TPSA) is 24.1 Å². The van der Waals surface area contributed by atoms with Gasteiger partial charge in [0.2, 0.25) is 0 Å². The van der Waals surface area contributed by atoms with Gasteiger partial charge in [-0.3, -0.25) is 0 Å². The number of likely N-dealkylation sites (N-methyl/N-ethyl adjacent to an activating group) is 2. The molecule has 0 spiro atoms. The third kappa shape index (κ3) is 2.17. The van der Waals surface area contributed by atoms with Gasteiger partial charge in [-0.25, -0.2) is 0 Å². The maximum absolute atomic E-state index is 3.45. The zero-order valence-electron chi connectivity index (χ0n) is 7.74. The van der Waals surface area contributed by atoms with E-state index >= 15 is 0 Å². The van der Waals surface area contributed by atoms with Crippen molar-refractivity contribution in [2.75, 3.05) is 20.1 Å². The lowest BCUT2D eigenvalue weighted by Gasteiger charge is -2.28. The molecule has 11 heavy (non-hydrogen) atoms. The summed E-state index contributed by atoms with van der Waals surface area (Å²) in [7, 11) is 2.09. The number of nitrogens with one attached hydrogen (secondary N) is 2. The fraction of sp³-hybridized carbons (Fsp3) is 1.00. The van der Waals surface area contributed by atoms with Gasteiger partial charge in [0.05, 0.1) is 0 Å². The van der Waals surface area contributed by atoms with Gasteiger partial charge in [-0.2, -0.15) is 0 Å². The van der Waals surface area contributed by atoms with Crippen LogP contribution in [0.25, 0.3) is 0 Å². The summed E-state index contributed by atoms with van der Waals surface area (Å²) in [5, 5.41) is 6.87. The van der Waals surface area contributed by atoms with Crippen LogP contribution in [-0.4, -0.2) is 25.7 Å². The molecule has 0 heterocycles. The second-order valence-electron chi connectivity index (χ2n) is 3.52. The van der Waals surface area contributed by atoms with Gasteiger partial charge in [0.15, 0.2) is 0 Å². The molecule has 2 N–H and O–H groups in total. The van der Waals surface area contributed by atoms with Crippen molar-refractivity contribution in [3.8, 4) is 0 Å². The SMILES string of the molecule is CCNCC1(NC)CCCC1. The highest BCUT2D eigenvalue weighted by Gasteiger charge is 2.30. The molecule has 1 aliphatic rings. The van der Waals surface area contributed by atoms with Crippen LogP contribution < -0.4 is 10.6 Å². The average Bonchev–Trinajstić information content (AvgIpc) is 2.50. The van der Waals surface area contributed by atoms with E-state index in [9.17, 15) is 0 Å². The zero-order chi connectivity index (χ0) is 8.16. The molecule has 1 saturated carbocycles. The smallest absolute Gasteiger partial charge is 0.0303 e. The maximum atomic E-state index is 3.45. The lowest BCUT2D eigenvalue weighted by Crippen LogP contribution is -2.48. The molecule has 1 aliphatic carbocycles. The molecule has 0 aromatic heterocycles. The van der Waals surface area contributed by atoms with Crippen LogP contribution in [0.3, 0.4) is 0 Å². The fourth-order valence-electron chi connectivity index (χ4n) is 1.93. The van der Waals surface area contributed by atoms with E-state index in [4.69, 9.17) is 0 Å². The maximum Gasteiger partial charge on any atom is 0.0303 e. The molecule has 66 valence electrons. The minimum atomic E-state index is 0.427. The first-order chi connectivity index (χ1) is 5.33. The second kappa shape index (κ2) is 4.07.